The highest BCUT2D eigenvalue weighted by molar-refractivity contribution is 6.26. The maximum absolute atomic E-state index is 12.7. The number of benzene rings is 2. The predicted molar refractivity (Wildman–Crippen MR) is 90.6 cm³/mol. The number of anilines is 1. The SMILES string of the molecule is CC1CCN(C(=O)CN2C(=O)c3cccc4cccc2c34)CC1. The quantitative estimate of drug-likeness (QED) is 0.855. The summed E-state index contributed by atoms with van der Waals surface area (Å²) in [6.07, 6.45) is 2.10. The number of likely N-dealkylation sites (tertiary alicyclic amines) is 1. The zero-order valence-electron chi connectivity index (χ0n) is 13.3. The van der Waals surface area contributed by atoms with Crippen molar-refractivity contribution in [2.75, 3.05) is 24.5 Å². The lowest BCUT2D eigenvalue weighted by Crippen LogP contribution is -2.44. The van der Waals surface area contributed by atoms with E-state index in [9.17, 15) is 9.59 Å². The van der Waals surface area contributed by atoms with E-state index in [1.165, 1.54) is 0 Å². The maximum atomic E-state index is 12.7. The van der Waals surface area contributed by atoms with Crippen LogP contribution in [0.1, 0.15) is 30.1 Å². The topological polar surface area (TPSA) is 40.6 Å². The van der Waals surface area contributed by atoms with Crippen LogP contribution in [-0.4, -0.2) is 36.3 Å². The minimum atomic E-state index is -0.0597. The van der Waals surface area contributed by atoms with E-state index in [0.29, 0.717) is 11.5 Å². The fourth-order valence-corrected chi connectivity index (χ4v) is 3.63. The Morgan fingerprint density at radius 2 is 1.83 bits per heavy atom. The zero-order chi connectivity index (χ0) is 16.0. The van der Waals surface area contributed by atoms with Gasteiger partial charge in [-0.3, -0.25) is 14.5 Å². The van der Waals surface area contributed by atoms with Gasteiger partial charge >= 0.3 is 0 Å². The van der Waals surface area contributed by atoms with E-state index < -0.39 is 0 Å². The van der Waals surface area contributed by atoms with Crippen LogP contribution in [0.25, 0.3) is 10.8 Å². The molecule has 0 N–H and O–H groups in total. The van der Waals surface area contributed by atoms with Gasteiger partial charge in [0.15, 0.2) is 0 Å². The Bertz CT molecular complexity index is 786. The number of carbonyl (C=O) groups excluding carboxylic acids is 2. The Morgan fingerprint density at radius 1 is 1.13 bits per heavy atom. The fraction of sp³-hybridized carbons (Fsp3) is 0.368. The smallest absolute Gasteiger partial charge is 0.259 e. The summed E-state index contributed by atoms with van der Waals surface area (Å²) in [5.74, 6) is 0.677. The lowest BCUT2D eigenvalue weighted by molar-refractivity contribution is -0.130. The molecule has 2 amide bonds. The van der Waals surface area contributed by atoms with Crippen molar-refractivity contribution >= 4 is 28.3 Å². The molecule has 1 fully saturated rings. The standard InChI is InChI=1S/C19H20N2O2/c1-13-8-10-20(11-9-13)17(22)12-21-16-7-3-5-14-4-2-6-15(18(14)16)19(21)23/h2-7,13H,8-12H2,1H3. The molecule has 0 bridgehead atoms. The van der Waals surface area contributed by atoms with Crippen LogP contribution >= 0.6 is 0 Å². The molecule has 0 spiro atoms. The summed E-state index contributed by atoms with van der Waals surface area (Å²) in [5.41, 5.74) is 1.57. The van der Waals surface area contributed by atoms with Gasteiger partial charge in [0.1, 0.15) is 6.54 Å². The zero-order valence-corrected chi connectivity index (χ0v) is 13.3. The van der Waals surface area contributed by atoms with Gasteiger partial charge in [0.05, 0.1) is 5.69 Å². The molecule has 118 valence electrons. The molecule has 0 unspecified atom stereocenters. The van der Waals surface area contributed by atoms with Gasteiger partial charge in [0, 0.05) is 24.0 Å². The molecule has 2 aliphatic rings. The van der Waals surface area contributed by atoms with Gasteiger partial charge in [0.25, 0.3) is 5.91 Å². The van der Waals surface area contributed by atoms with E-state index in [1.54, 1.807) is 4.90 Å². The van der Waals surface area contributed by atoms with Crippen molar-refractivity contribution in [3.05, 3.63) is 42.0 Å². The first-order chi connectivity index (χ1) is 11.1. The highest BCUT2D eigenvalue weighted by atomic mass is 16.2. The van der Waals surface area contributed by atoms with Crippen molar-refractivity contribution in [2.45, 2.75) is 19.8 Å². The number of hydrogen-bond acceptors (Lipinski definition) is 2. The van der Waals surface area contributed by atoms with Crippen LogP contribution in [0.15, 0.2) is 36.4 Å². The molecule has 2 aromatic carbocycles. The molecule has 0 saturated carbocycles. The van der Waals surface area contributed by atoms with E-state index in [4.69, 9.17) is 0 Å². The summed E-state index contributed by atoms with van der Waals surface area (Å²) < 4.78 is 0. The third-order valence-electron chi connectivity index (χ3n) is 5.08. The van der Waals surface area contributed by atoms with Gasteiger partial charge in [-0.1, -0.05) is 31.2 Å². The Hall–Kier alpha value is -2.36. The molecule has 0 atom stereocenters. The molecular weight excluding hydrogens is 288 g/mol. The summed E-state index contributed by atoms with van der Waals surface area (Å²) in [5, 5.41) is 2.02. The van der Waals surface area contributed by atoms with Crippen molar-refractivity contribution in [3.8, 4) is 0 Å². The maximum Gasteiger partial charge on any atom is 0.259 e. The molecular formula is C19H20N2O2. The van der Waals surface area contributed by atoms with Crippen molar-refractivity contribution in [2.24, 2.45) is 5.92 Å². The molecule has 0 radical (unpaired) electrons. The van der Waals surface area contributed by atoms with Gasteiger partial charge in [-0.25, -0.2) is 0 Å². The van der Waals surface area contributed by atoms with E-state index >= 15 is 0 Å². The Kier molecular flexibility index (Phi) is 3.33. The van der Waals surface area contributed by atoms with Crippen LogP contribution in [0.2, 0.25) is 0 Å². The fourth-order valence-electron chi connectivity index (χ4n) is 3.63. The largest absolute Gasteiger partial charge is 0.341 e. The number of amides is 2. The van der Waals surface area contributed by atoms with E-state index in [1.807, 2.05) is 41.3 Å². The van der Waals surface area contributed by atoms with Crippen LogP contribution in [0.5, 0.6) is 0 Å². The van der Waals surface area contributed by atoms with Crippen molar-refractivity contribution in [1.29, 1.82) is 0 Å². The molecule has 0 aromatic heterocycles. The molecule has 23 heavy (non-hydrogen) atoms. The molecule has 1 saturated heterocycles. The summed E-state index contributed by atoms with van der Waals surface area (Å²) in [7, 11) is 0. The third kappa shape index (κ3) is 2.29. The Labute approximate surface area is 135 Å². The molecule has 4 heteroatoms. The van der Waals surface area contributed by atoms with Crippen LogP contribution in [0.3, 0.4) is 0 Å². The van der Waals surface area contributed by atoms with Crippen molar-refractivity contribution < 1.29 is 9.59 Å². The average molecular weight is 308 g/mol. The normalized spacial score (nSPS) is 18.0. The number of rotatable bonds is 2. The molecule has 2 aliphatic heterocycles. The van der Waals surface area contributed by atoms with Crippen LogP contribution < -0.4 is 4.90 Å². The second kappa shape index (κ2) is 5.37. The summed E-state index contributed by atoms with van der Waals surface area (Å²) >= 11 is 0. The third-order valence-corrected chi connectivity index (χ3v) is 5.08. The van der Waals surface area contributed by atoms with Crippen LogP contribution in [-0.2, 0) is 4.79 Å². The number of nitrogens with zero attached hydrogens (tertiary/aromatic N) is 2. The number of hydrogen-bond donors (Lipinski definition) is 0. The monoisotopic (exact) mass is 308 g/mol. The van der Waals surface area contributed by atoms with E-state index in [-0.39, 0.29) is 18.4 Å². The average Bonchev–Trinajstić information content (AvgIpc) is 2.84. The molecule has 2 heterocycles. The minimum Gasteiger partial charge on any atom is -0.341 e. The number of piperidine rings is 1. The highest BCUT2D eigenvalue weighted by Gasteiger charge is 2.32. The first-order valence-electron chi connectivity index (χ1n) is 8.26. The molecule has 0 aliphatic carbocycles. The first kappa shape index (κ1) is 14.2. The lowest BCUT2D eigenvalue weighted by atomic mass is 9.99. The molecule has 4 rings (SSSR count). The Morgan fingerprint density at radius 3 is 2.57 bits per heavy atom. The second-order valence-corrected chi connectivity index (χ2v) is 6.64. The highest BCUT2D eigenvalue weighted by Crippen LogP contribution is 2.37. The molecule has 2 aromatic rings. The van der Waals surface area contributed by atoms with Gasteiger partial charge < -0.3 is 4.90 Å². The van der Waals surface area contributed by atoms with Crippen molar-refractivity contribution in [1.82, 2.24) is 4.90 Å². The second-order valence-electron chi connectivity index (χ2n) is 6.64. The Balaban J connectivity index is 1.60. The minimum absolute atomic E-state index is 0.0510. The van der Waals surface area contributed by atoms with Gasteiger partial charge in [-0.2, -0.15) is 0 Å². The predicted octanol–water partition coefficient (Wildman–Crippen LogP) is 3.06. The van der Waals surface area contributed by atoms with Crippen molar-refractivity contribution in [3.63, 3.8) is 0 Å². The van der Waals surface area contributed by atoms with Gasteiger partial charge in [-0.15, -0.1) is 0 Å². The first-order valence-corrected chi connectivity index (χ1v) is 8.26. The summed E-state index contributed by atoms with van der Waals surface area (Å²) in [6, 6.07) is 11.6. The van der Waals surface area contributed by atoms with Gasteiger partial charge in [0.2, 0.25) is 5.91 Å². The summed E-state index contributed by atoms with van der Waals surface area (Å²) in [6.45, 7) is 3.97. The van der Waals surface area contributed by atoms with E-state index in [2.05, 4.69) is 6.92 Å². The number of carbonyl (C=O) groups is 2. The van der Waals surface area contributed by atoms with E-state index in [0.717, 1.165) is 42.4 Å². The van der Waals surface area contributed by atoms with Gasteiger partial charge in [-0.05, 0) is 36.3 Å². The van der Waals surface area contributed by atoms with Crippen LogP contribution in [0.4, 0.5) is 5.69 Å². The molecule has 4 nitrogen and oxygen atoms in total. The summed E-state index contributed by atoms with van der Waals surface area (Å²) in [4.78, 5) is 28.8. The lowest BCUT2D eigenvalue weighted by Gasteiger charge is -2.31. The van der Waals surface area contributed by atoms with Crippen LogP contribution in [0, 0.1) is 5.92 Å².